The van der Waals surface area contributed by atoms with Crippen molar-refractivity contribution in [3.63, 3.8) is 0 Å². The zero-order valence-electron chi connectivity index (χ0n) is 16.5. The van der Waals surface area contributed by atoms with E-state index >= 15 is 0 Å². The maximum absolute atomic E-state index is 12.8. The van der Waals surface area contributed by atoms with Gasteiger partial charge in [-0.15, -0.1) is 5.10 Å². The molecule has 0 saturated heterocycles. The third-order valence-corrected chi connectivity index (χ3v) is 4.63. The highest BCUT2D eigenvalue weighted by atomic mass is 16.5. The predicted molar refractivity (Wildman–Crippen MR) is 112 cm³/mol. The molecule has 2 heterocycles. The molecule has 0 radical (unpaired) electrons. The first kappa shape index (κ1) is 19.3. The molecule has 8 nitrogen and oxygen atoms in total. The van der Waals surface area contributed by atoms with Gasteiger partial charge in [0.05, 0.1) is 23.6 Å². The Morgan fingerprint density at radius 1 is 1.13 bits per heavy atom. The van der Waals surface area contributed by atoms with Crippen LogP contribution < -0.4 is 5.32 Å². The Labute approximate surface area is 172 Å². The van der Waals surface area contributed by atoms with Gasteiger partial charge in [0.25, 0.3) is 5.91 Å². The SMILES string of the molecule is CCOC(=O)c1cccc(NC(=O)c2nnn(-c3cccc4cnccc34)c2C)c1. The minimum absolute atomic E-state index is 0.197. The Balaban J connectivity index is 1.62. The third kappa shape index (κ3) is 3.62. The summed E-state index contributed by atoms with van der Waals surface area (Å²) >= 11 is 0. The predicted octanol–water partition coefficient (Wildman–Crippen LogP) is 3.55. The number of hydrogen-bond donors (Lipinski definition) is 1. The van der Waals surface area contributed by atoms with Gasteiger partial charge in [-0.1, -0.05) is 23.4 Å². The van der Waals surface area contributed by atoms with E-state index in [1.807, 2.05) is 24.3 Å². The van der Waals surface area contributed by atoms with Crippen LogP contribution in [0.1, 0.15) is 33.5 Å². The number of nitrogens with one attached hydrogen (secondary N) is 1. The lowest BCUT2D eigenvalue weighted by molar-refractivity contribution is 0.0526. The summed E-state index contributed by atoms with van der Waals surface area (Å²) in [5.41, 5.74) is 2.43. The Morgan fingerprint density at radius 3 is 2.80 bits per heavy atom. The van der Waals surface area contributed by atoms with Crippen LogP contribution in [0.4, 0.5) is 5.69 Å². The molecule has 0 spiro atoms. The molecule has 2 aromatic heterocycles. The number of carbonyl (C=O) groups is 2. The second kappa shape index (κ2) is 8.12. The fourth-order valence-corrected chi connectivity index (χ4v) is 3.19. The summed E-state index contributed by atoms with van der Waals surface area (Å²) in [4.78, 5) is 28.8. The number of pyridine rings is 1. The Bertz CT molecular complexity index is 1240. The number of fused-ring (bicyclic) bond motifs is 1. The van der Waals surface area contributed by atoms with Crippen LogP contribution in [0.15, 0.2) is 60.9 Å². The van der Waals surface area contributed by atoms with Crippen LogP contribution in [0.2, 0.25) is 0 Å². The maximum Gasteiger partial charge on any atom is 0.338 e. The summed E-state index contributed by atoms with van der Waals surface area (Å²) in [5, 5.41) is 12.9. The molecule has 1 N–H and O–H groups in total. The van der Waals surface area contributed by atoms with Crippen molar-refractivity contribution >= 4 is 28.3 Å². The number of ether oxygens (including phenoxy) is 1. The van der Waals surface area contributed by atoms with Gasteiger partial charge in [0.1, 0.15) is 0 Å². The molecule has 4 rings (SSSR count). The molecular weight excluding hydrogens is 382 g/mol. The minimum atomic E-state index is -0.443. The van der Waals surface area contributed by atoms with Crippen molar-refractivity contribution in [3.8, 4) is 5.69 Å². The van der Waals surface area contributed by atoms with Crippen molar-refractivity contribution in [2.75, 3.05) is 11.9 Å². The maximum atomic E-state index is 12.8. The summed E-state index contributed by atoms with van der Waals surface area (Å²) < 4.78 is 6.63. The molecule has 8 heteroatoms. The largest absolute Gasteiger partial charge is 0.462 e. The molecular formula is C22H19N5O3. The highest BCUT2D eigenvalue weighted by Crippen LogP contribution is 2.23. The van der Waals surface area contributed by atoms with E-state index in [0.29, 0.717) is 16.9 Å². The van der Waals surface area contributed by atoms with Crippen LogP contribution in [-0.4, -0.2) is 38.5 Å². The van der Waals surface area contributed by atoms with E-state index in [1.54, 1.807) is 55.2 Å². The number of benzene rings is 2. The number of amides is 1. The van der Waals surface area contributed by atoms with E-state index in [2.05, 4.69) is 20.6 Å². The Morgan fingerprint density at radius 2 is 1.97 bits per heavy atom. The molecule has 150 valence electrons. The van der Waals surface area contributed by atoms with Crippen LogP contribution in [0, 0.1) is 6.92 Å². The average molecular weight is 401 g/mol. The van der Waals surface area contributed by atoms with Gasteiger partial charge in [-0.3, -0.25) is 9.78 Å². The van der Waals surface area contributed by atoms with E-state index in [9.17, 15) is 9.59 Å². The molecule has 30 heavy (non-hydrogen) atoms. The van der Waals surface area contributed by atoms with E-state index in [1.165, 1.54) is 0 Å². The van der Waals surface area contributed by atoms with E-state index in [-0.39, 0.29) is 12.3 Å². The molecule has 1 amide bonds. The van der Waals surface area contributed by atoms with Crippen LogP contribution in [0.3, 0.4) is 0 Å². The molecule has 0 unspecified atom stereocenters. The van der Waals surface area contributed by atoms with Gasteiger partial charge in [0, 0.05) is 28.9 Å². The van der Waals surface area contributed by atoms with Gasteiger partial charge in [-0.25, -0.2) is 9.48 Å². The number of hydrogen-bond acceptors (Lipinski definition) is 6. The lowest BCUT2D eigenvalue weighted by Crippen LogP contribution is -2.15. The molecule has 0 saturated carbocycles. The first-order valence-electron chi connectivity index (χ1n) is 9.42. The van der Waals surface area contributed by atoms with Crippen molar-refractivity contribution in [1.29, 1.82) is 0 Å². The van der Waals surface area contributed by atoms with E-state index < -0.39 is 11.9 Å². The lowest BCUT2D eigenvalue weighted by Gasteiger charge is -2.08. The topological polar surface area (TPSA) is 99.0 Å². The standard InChI is InChI=1S/C22H19N5O3/c1-3-30-22(29)15-6-4-8-17(12-15)24-21(28)20-14(2)27(26-25-20)19-9-5-7-16-13-23-11-10-18(16)19/h4-13H,3H2,1-2H3,(H,24,28). The van der Waals surface area contributed by atoms with Crippen LogP contribution in [-0.2, 0) is 4.74 Å². The molecule has 4 aromatic rings. The van der Waals surface area contributed by atoms with Crippen molar-refractivity contribution in [3.05, 3.63) is 77.9 Å². The third-order valence-electron chi connectivity index (χ3n) is 4.63. The Kier molecular flexibility index (Phi) is 5.21. The summed E-state index contributed by atoms with van der Waals surface area (Å²) in [6.07, 6.45) is 3.48. The molecule has 0 fully saturated rings. The first-order chi connectivity index (χ1) is 14.6. The first-order valence-corrected chi connectivity index (χ1v) is 9.42. The zero-order chi connectivity index (χ0) is 21.1. The fourth-order valence-electron chi connectivity index (χ4n) is 3.19. The van der Waals surface area contributed by atoms with Gasteiger partial charge >= 0.3 is 5.97 Å². The zero-order valence-corrected chi connectivity index (χ0v) is 16.5. The highest BCUT2D eigenvalue weighted by Gasteiger charge is 2.19. The summed E-state index contributed by atoms with van der Waals surface area (Å²) in [5.74, 6) is -0.858. The van der Waals surface area contributed by atoms with Gasteiger partial charge in [0.2, 0.25) is 0 Å². The quantitative estimate of drug-likeness (QED) is 0.514. The van der Waals surface area contributed by atoms with Crippen molar-refractivity contribution in [1.82, 2.24) is 20.0 Å². The van der Waals surface area contributed by atoms with Gasteiger partial charge in [0.15, 0.2) is 5.69 Å². The van der Waals surface area contributed by atoms with Gasteiger partial charge in [-0.05, 0) is 44.2 Å². The highest BCUT2D eigenvalue weighted by molar-refractivity contribution is 6.04. The number of rotatable bonds is 5. The molecule has 0 aliphatic heterocycles. The average Bonchev–Trinajstić information content (AvgIpc) is 3.15. The summed E-state index contributed by atoms with van der Waals surface area (Å²) in [7, 11) is 0. The van der Waals surface area contributed by atoms with Gasteiger partial charge in [-0.2, -0.15) is 0 Å². The number of aromatic nitrogens is 4. The molecule has 0 bridgehead atoms. The fraction of sp³-hybridized carbons (Fsp3) is 0.136. The van der Waals surface area contributed by atoms with Crippen LogP contribution in [0.25, 0.3) is 16.5 Å². The number of esters is 1. The number of carbonyl (C=O) groups excluding carboxylic acids is 2. The van der Waals surface area contributed by atoms with Crippen molar-refractivity contribution in [2.45, 2.75) is 13.8 Å². The molecule has 0 aliphatic rings. The van der Waals surface area contributed by atoms with Gasteiger partial charge < -0.3 is 10.1 Å². The second-order valence-corrected chi connectivity index (χ2v) is 6.56. The number of anilines is 1. The van der Waals surface area contributed by atoms with E-state index in [4.69, 9.17) is 4.74 Å². The smallest absolute Gasteiger partial charge is 0.338 e. The van der Waals surface area contributed by atoms with Crippen LogP contribution >= 0.6 is 0 Å². The van der Waals surface area contributed by atoms with Crippen molar-refractivity contribution in [2.24, 2.45) is 0 Å². The lowest BCUT2D eigenvalue weighted by atomic mass is 10.1. The molecule has 2 aromatic carbocycles. The van der Waals surface area contributed by atoms with E-state index in [0.717, 1.165) is 16.5 Å². The number of nitrogens with zero attached hydrogens (tertiary/aromatic N) is 4. The monoisotopic (exact) mass is 401 g/mol. The summed E-state index contributed by atoms with van der Waals surface area (Å²) in [6, 6.07) is 14.2. The van der Waals surface area contributed by atoms with Crippen LogP contribution in [0.5, 0.6) is 0 Å². The van der Waals surface area contributed by atoms with Crippen molar-refractivity contribution < 1.29 is 14.3 Å². The minimum Gasteiger partial charge on any atom is -0.462 e. The Hall–Kier alpha value is -4.07. The summed E-state index contributed by atoms with van der Waals surface area (Å²) in [6.45, 7) is 3.80. The second-order valence-electron chi connectivity index (χ2n) is 6.56. The molecule has 0 atom stereocenters. The molecule has 0 aliphatic carbocycles. The normalized spacial score (nSPS) is 10.7.